The molecule has 0 amide bonds. The number of esters is 1. The van der Waals surface area contributed by atoms with Gasteiger partial charge in [0.2, 0.25) is 0 Å². The van der Waals surface area contributed by atoms with Crippen molar-refractivity contribution in [2.45, 2.75) is 37.2 Å². The lowest BCUT2D eigenvalue weighted by atomic mass is 9.95. The van der Waals surface area contributed by atoms with Crippen molar-refractivity contribution in [3.8, 4) is 0 Å². The average Bonchev–Trinajstić information content (AvgIpc) is 2.75. The highest BCUT2D eigenvalue weighted by atomic mass is 32.2. The molecule has 0 spiro atoms. The van der Waals surface area contributed by atoms with Gasteiger partial charge in [0.05, 0.1) is 22.8 Å². The number of piperidine rings is 1. The Morgan fingerprint density at radius 3 is 2.90 bits per heavy atom. The minimum atomic E-state index is -0.698. The van der Waals surface area contributed by atoms with Gasteiger partial charge in [0.25, 0.3) is 0 Å². The van der Waals surface area contributed by atoms with Crippen LogP contribution in [0.1, 0.15) is 36.4 Å². The van der Waals surface area contributed by atoms with Gasteiger partial charge in [-0.1, -0.05) is 0 Å². The largest absolute Gasteiger partial charge is 0.462 e. The summed E-state index contributed by atoms with van der Waals surface area (Å²) in [4.78, 5) is 15.5. The first-order chi connectivity index (χ1) is 9.89. The summed E-state index contributed by atoms with van der Waals surface area (Å²) in [6.45, 7) is 5.38. The minimum absolute atomic E-state index is 0.332. The first kappa shape index (κ1) is 16.5. The number of rotatable bonds is 4. The molecule has 2 heterocycles. The number of anilines is 2. The molecule has 1 atom stereocenters. The predicted octanol–water partition coefficient (Wildman–Crippen LogP) is 2.58. The zero-order valence-corrected chi connectivity index (χ0v) is 14.3. The van der Waals surface area contributed by atoms with E-state index >= 15 is 0 Å². The third kappa shape index (κ3) is 3.46. The van der Waals surface area contributed by atoms with Gasteiger partial charge in [-0.3, -0.25) is 0 Å². The molecule has 21 heavy (non-hydrogen) atoms. The lowest BCUT2D eigenvalue weighted by molar-refractivity contribution is 0.0449. The topological polar surface area (TPSA) is 75.8 Å². The molecule has 3 N–H and O–H groups in total. The van der Waals surface area contributed by atoms with E-state index in [1.807, 2.05) is 13.2 Å². The molecule has 1 fully saturated rings. The van der Waals surface area contributed by atoms with E-state index in [1.54, 1.807) is 6.92 Å². The third-order valence-electron chi connectivity index (χ3n) is 3.51. The van der Waals surface area contributed by atoms with Crippen LogP contribution in [0, 0.1) is 0 Å². The maximum atomic E-state index is 12.0. The second-order valence-corrected chi connectivity index (χ2v) is 7.24. The molecule has 1 aliphatic rings. The predicted molar refractivity (Wildman–Crippen MR) is 88.5 cm³/mol. The number of carbonyl (C=O) groups excluding carboxylic acids is 1. The quantitative estimate of drug-likeness (QED) is 0.653. The van der Waals surface area contributed by atoms with Gasteiger partial charge in [-0.2, -0.15) is 0 Å². The summed E-state index contributed by atoms with van der Waals surface area (Å²) in [7, 11) is 0. The standard InChI is InChI=1S/C14H22N2O3S2/c1-4-19-13(17)11-9(15)10(20-3)12(21-11)16-7-5-6-14(2,18)8-16/h18H,4-8,15H2,1-3H3. The van der Waals surface area contributed by atoms with Crippen molar-refractivity contribution in [3.63, 3.8) is 0 Å². The summed E-state index contributed by atoms with van der Waals surface area (Å²) >= 11 is 2.89. The molecule has 7 heteroatoms. The molecule has 5 nitrogen and oxygen atoms in total. The lowest BCUT2D eigenvalue weighted by Gasteiger charge is -2.37. The molecule has 0 aromatic carbocycles. The Kier molecular flexibility index (Phi) is 5.06. The fourth-order valence-corrected chi connectivity index (χ4v) is 4.66. The Hall–Kier alpha value is -0.920. The van der Waals surface area contributed by atoms with E-state index in [4.69, 9.17) is 10.5 Å². The van der Waals surface area contributed by atoms with Crippen LogP contribution in [0.5, 0.6) is 0 Å². The third-order valence-corrected chi connectivity index (χ3v) is 5.71. The van der Waals surface area contributed by atoms with Crippen LogP contribution in [-0.4, -0.2) is 42.6 Å². The van der Waals surface area contributed by atoms with E-state index in [-0.39, 0.29) is 5.97 Å². The Morgan fingerprint density at radius 2 is 2.33 bits per heavy atom. The van der Waals surface area contributed by atoms with Crippen LogP contribution in [-0.2, 0) is 4.74 Å². The molecular formula is C14H22N2O3S2. The van der Waals surface area contributed by atoms with Gasteiger partial charge in [-0.25, -0.2) is 4.79 Å². The number of thioether (sulfide) groups is 1. The summed E-state index contributed by atoms with van der Waals surface area (Å²) in [5.74, 6) is -0.370. The number of nitrogens with zero attached hydrogens (tertiary/aromatic N) is 1. The maximum Gasteiger partial charge on any atom is 0.350 e. The fraction of sp³-hybridized carbons (Fsp3) is 0.643. The van der Waals surface area contributed by atoms with Gasteiger partial charge in [0.1, 0.15) is 9.88 Å². The Labute approximate surface area is 133 Å². The van der Waals surface area contributed by atoms with Crippen LogP contribution in [0.2, 0.25) is 0 Å². The average molecular weight is 330 g/mol. The van der Waals surface area contributed by atoms with Crippen LogP contribution in [0.4, 0.5) is 10.7 Å². The van der Waals surface area contributed by atoms with E-state index in [0.717, 1.165) is 29.3 Å². The Bertz CT molecular complexity index is 529. The highest BCUT2D eigenvalue weighted by molar-refractivity contribution is 7.99. The molecule has 1 aromatic heterocycles. The minimum Gasteiger partial charge on any atom is -0.462 e. The Balaban J connectivity index is 2.35. The van der Waals surface area contributed by atoms with Crippen molar-refractivity contribution in [1.29, 1.82) is 0 Å². The number of nitrogen functional groups attached to an aromatic ring is 1. The molecular weight excluding hydrogens is 308 g/mol. The lowest BCUT2D eigenvalue weighted by Crippen LogP contribution is -2.46. The number of β-amino-alcohol motifs (C(OH)–C–C–N with tert-alkyl or cyclic N) is 1. The molecule has 1 aliphatic heterocycles. The molecule has 0 radical (unpaired) electrons. The molecule has 0 bridgehead atoms. The van der Waals surface area contributed by atoms with Crippen molar-refractivity contribution in [2.24, 2.45) is 0 Å². The van der Waals surface area contributed by atoms with E-state index < -0.39 is 5.60 Å². The van der Waals surface area contributed by atoms with Crippen molar-refractivity contribution in [1.82, 2.24) is 0 Å². The number of hydrogen-bond donors (Lipinski definition) is 2. The van der Waals surface area contributed by atoms with Gasteiger partial charge in [0, 0.05) is 13.1 Å². The summed E-state index contributed by atoms with van der Waals surface area (Å²) in [5, 5.41) is 11.2. The number of hydrogen-bond acceptors (Lipinski definition) is 7. The molecule has 1 unspecified atom stereocenters. The van der Waals surface area contributed by atoms with Crippen LogP contribution in [0.3, 0.4) is 0 Å². The summed E-state index contributed by atoms with van der Waals surface area (Å²) in [6.07, 6.45) is 3.66. The summed E-state index contributed by atoms with van der Waals surface area (Å²) in [6, 6.07) is 0. The van der Waals surface area contributed by atoms with Gasteiger partial charge < -0.3 is 20.5 Å². The van der Waals surface area contributed by atoms with Crippen molar-refractivity contribution in [3.05, 3.63) is 4.88 Å². The van der Waals surface area contributed by atoms with Crippen molar-refractivity contribution < 1.29 is 14.6 Å². The van der Waals surface area contributed by atoms with E-state index in [2.05, 4.69) is 4.90 Å². The monoisotopic (exact) mass is 330 g/mol. The van der Waals surface area contributed by atoms with Gasteiger partial charge in [-0.15, -0.1) is 23.1 Å². The zero-order chi connectivity index (χ0) is 15.6. The highest BCUT2D eigenvalue weighted by Crippen LogP contribution is 2.45. The number of aliphatic hydroxyl groups is 1. The normalized spacial score (nSPS) is 22.4. The molecule has 0 aliphatic carbocycles. The highest BCUT2D eigenvalue weighted by Gasteiger charge is 2.32. The first-order valence-electron chi connectivity index (χ1n) is 7.00. The SMILES string of the molecule is CCOC(=O)c1sc(N2CCCC(C)(O)C2)c(SC)c1N. The number of thiophene rings is 1. The molecule has 2 rings (SSSR count). The smallest absolute Gasteiger partial charge is 0.350 e. The second kappa shape index (κ2) is 6.46. The number of carbonyl (C=O) groups is 1. The van der Waals surface area contributed by atoms with Crippen molar-refractivity contribution in [2.75, 3.05) is 36.6 Å². The maximum absolute atomic E-state index is 12.0. The van der Waals surface area contributed by atoms with Gasteiger partial charge in [-0.05, 0) is 32.9 Å². The van der Waals surface area contributed by atoms with Crippen LogP contribution in [0.25, 0.3) is 0 Å². The van der Waals surface area contributed by atoms with E-state index in [0.29, 0.717) is 23.7 Å². The van der Waals surface area contributed by atoms with E-state index in [9.17, 15) is 9.90 Å². The number of ether oxygens (including phenoxy) is 1. The van der Waals surface area contributed by atoms with Crippen LogP contribution in [0.15, 0.2) is 4.90 Å². The molecule has 1 saturated heterocycles. The molecule has 118 valence electrons. The second-order valence-electron chi connectivity index (χ2n) is 5.43. The van der Waals surface area contributed by atoms with E-state index in [1.165, 1.54) is 23.1 Å². The van der Waals surface area contributed by atoms with Gasteiger partial charge >= 0.3 is 5.97 Å². The summed E-state index contributed by atoms with van der Waals surface area (Å²) in [5.41, 5.74) is 5.91. The van der Waals surface area contributed by atoms with Crippen LogP contribution >= 0.6 is 23.1 Å². The van der Waals surface area contributed by atoms with Crippen molar-refractivity contribution >= 4 is 39.8 Å². The van der Waals surface area contributed by atoms with Crippen LogP contribution < -0.4 is 10.6 Å². The number of nitrogens with two attached hydrogens (primary N) is 1. The molecule has 1 aromatic rings. The first-order valence-corrected chi connectivity index (χ1v) is 9.04. The zero-order valence-electron chi connectivity index (χ0n) is 12.6. The van der Waals surface area contributed by atoms with Gasteiger partial charge in [0.15, 0.2) is 0 Å². The fourth-order valence-electron chi connectivity index (χ4n) is 2.56. The summed E-state index contributed by atoms with van der Waals surface area (Å²) < 4.78 is 5.06. The molecule has 0 saturated carbocycles. The Morgan fingerprint density at radius 1 is 1.62 bits per heavy atom.